The first-order valence-electron chi connectivity index (χ1n) is 6.65. The first-order valence-corrected chi connectivity index (χ1v) is 7.93. The van der Waals surface area contributed by atoms with Crippen molar-refractivity contribution in [1.29, 1.82) is 0 Å². The molecule has 1 saturated carbocycles. The molecular weight excluding hydrogens is 331 g/mol. The van der Waals surface area contributed by atoms with Crippen molar-refractivity contribution in [1.82, 2.24) is 0 Å². The maximum absolute atomic E-state index is 10.4. The van der Waals surface area contributed by atoms with E-state index in [1.807, 2.05) is 0 Å². The highest BCUT2D eigenvalue weighted by Gasteiger charge is 2.47. The van der Waals surface area contributed by atoms with Gasteiger partial charge in [0.05, 0.1) is 0 Å². The van der Waals surface area contributed by atoms with Gasteiger partial charge in [0.15, 0.2) is 0 Å². The van der Waals surface area contributed by atoms with Crippen LogP contribution >= 0.6 is 8.03 Å². The Kier molecular flexibility index (Phi) is 7.62. The molecule has 0 heterocycles. The fourth-order valence-electron chi connectivity index (χ4n) is 1.96. The molecule has 1 aromatic carbocycles. The molecule has 0 amide bonds. The first kappa shape index (κ1) is 20.0. The van der Waals surface area contributed by atoms with Crippen LogP contribution in [0.1, 0.15) is 11.4 Å². The molecule has 8 N–H and O–H groups in total. The third-order valence-electron chi connectivity index (χ3n) is 3.41. The fourth-order valence-corrected chi connectivity index (χ4v) is 2.39. The lowest BCUT2D eigenvalue weighted by atomic mass is 9.85. The molecule has 1 aliphatic carbocycles. The van der Waals surface area contributed by atoms with Crippen LogP contribution < -0.4 is 0 Å². The third kappa shape index (κ3) is 4.98. The Bertz CT molecular complexity index is 441. The Hall–Kier alpha value is -1.00. The molecule has 9 nitrogen and oxygen atoms in total. The molecule has 0 saturated heterocycles. The van der Waals surface area contributed by atoms with Gasteiger partial charge in [0.2, 0.25) is 0 Å². The number of benzene rings is 1. The molecule has 10 heteroatoms. The van der Waals surface area contributed by atoms with Crippen LogP contribution in [0, 0.1) is 0 Å². The summed E-state index contributed by atoms with van der Waals surface area (Å²) in [5.74, 6) is -1.26. The van der Waals surface area contributed by atoms with E-state index in [1.165, 1.54) is 0 Å². The summed E-state index contributed by atoms with van der Waals surface area (Å²) in [5, 5.41) is 62.9. The Morgan fingerprint density at radius 2 is 1.04 bits per heavy atom. The van der Waals surface area contributed by atoms with Crippen molar-refractivity contribution in [3.63, 3.8) is 0 Å². The van der Waals surface area contributed by atoms with Gasteiger partial charge in [-0.05, 0) is 4.57 Å². The minimum absolute atomic E-state index is 0.469. The van der Waals surface area contributed by atoms with Crippen LogP contribution in [-0.2, 0) is 4.57 Å². The highest BCUT2D eigenvalue weighted by Crippen LogP contribution is 2.34. The number of hydrogen-bond acceptors (Lipinski definition) is 8. The highest BCUT2D eigenvalue weighted by molar-refractivity contribution is 7.38. The maximum Gasteiger partial charge on any atom is 0.542 e. The normalized spacial score (nSPS) is 35.7. The van der Waals surface area contributed by atoms with Gasteiger partial charge in [-0.1, -0.05) is 30.3 Å². The lowest BCUT2D eigenvalue weighted by molar-refractivity contribution is -0.223. The van der Waals surface area contributed by atoms with Crippen LogP contribution in [0.5, 0.6) is 0 Å². The quantitative estimate of drug-likeness (QED) is 0.269. The zero-order valence-electron chi connectivity index (χ0n) is 11.9. The van der Waals surface area contributed by atoms with E-state index >= 15 is 0 Å². The summed E-state index contributed by atoms with van der Waals surface area (Å²) in [6, 6.07) is 8.40. The third-order valence-corrected chi connectivity index (χ3v) is 4.12. The van der Waals surface area contributed by atoms with Crippen LogP contribution in [0.4, 0.5) is 0 Å². The van der Waals surface area contributed by atoms with Crippen LogP contribution in [-0.4, -0.2) is 77.3 Å². The minimum Gasteiger partial charge on any atom is -0.387 e. The Labute approximate surface area is 132 Å². The zero-order valence-corrected chi connectivity index (χ0v) is 12.8. The van der Waals surface area contributed by atoms with Crippen LogP contribution in [0.25, 0.3) is 0 Å². The van der Waals surface area contributed by atoms with Crippen molar-refractivity contribution >= 4 is 8.03 Å². The Morgan fingerprint density at radius 1 is 0.739 bits per heavy atom. The summed E-state index contributed by atoms with van der Waals surface area (Å²) in [6.07, 6.45) is -9.84. The van der Waals surface area contributed by atoms with E-state index in [0.717, 1.165) is 0 Å². The average Bonchev–Trinajstić information content (AvgIpc) is 2.57. The number of rotatable bonds is 2. The molecule has 0 radical (unpaired) electrons. The molecule has 1 aromatic rings. The Balaban J connectivity index is 0.000000231. The van der Waals surface area contributed by atoms with E-state index < -0.39 is 50.5 Å². The monoisotopic (exact) mass is 351 g/mol. The largest absolute Gasteiger partial charge is 0.542 e. The smallest absolute Gasteiger partial charge is 0.387 e. The van der Waals surface area contributed by atoms with Gasteiger partial charge in [-0.2, -0.15) is 4.89 Å². The van der Waals surface area contributed by atoms with E-state index in [0.29, 0.717) is 5.56 Å². The predicted octanol–water partition coefficient (Wildman–Crippen LogP) is -2.42. The van der Waals surface area contributed by atoms with Crippen LogP contribution in [0.2, 0.25) is 0 Å². The van der Waals surface area contributed by atoms with E-state index in [-0.39, 0.29) is 0 Å². The molecule has 0 aliphatic heterocycles. The summed E-state index contributed by atoms with van der Waals surface area (Å²) >= 11 is 0. The summed E-state index contributed by atoms with van der Waals surface area (Å²) in [4.78, 5) is 8.53. The lowest BCUT2D eigenvalue weighted by Gasteiger charge is -2.39. The minimum atomic E-state index is -2.53. The summed E-state index contributed by atoms with van der Waals surface area (Å²) < 4.78 is 10.4. The molecule has 1 aliphatic rings. The maximum atomic E-state index is 10.4. The van der Waals surface area contributed by atoms with Gasteiger partial charge in [0, 0.05) is 5.56 Å². The van der Waals surface area contributed by atoms with Crippen LogP contribution in [0.3, 0.4) is 0 Å². The molecule has 0 bridgehead atoms. The van der Waals surface area contributed by atoms with Crippen molar-refractivity contribution < 1.29 is 45.2 Å². The van der Waals surface area contributed by atoms with E-state index in [4.69, 9.17) is 40.6 Å². The second-order valence-corrected chi connectivity index (χ2v) is 6.12. The van der Waals surface area contributed by atoms with E-state index in [9.17, 15) is 4.57 Å². The number of aliphatic hydroxyl groups excluding tert-OH is 7. The molecule has 2 unspecified atom stereocenters. The van der Waals surface area contributed by atoms with Gasteiger partial charge >= 0.3 is 13.9 Å². The Morgan fingerprint density at radius 3 is 1.30 bits per heavy atom. The molecule has 0 spiro atoms. The van der Waals surface area contributed by atoms with Gasteiger partial charge < -0.3 is 35.7 Å². The topological polar surface area (TPSA) is 179 Å². The van der Waals surface area contributed by atoms with E-state index in [1.54, 1.807) is 30.3 Å². The van der Waals surface area contributed by atoms with Crippen molar-refractivity contribution in [2.24, 2.45) is 0 Å². The van der Waals surface area contributed by atoms with Gasteiger partial charge in [0.25, 0.3) is 0 Å². The van der Waals surface area contributed by atoms with Gasteiger partial charge in [-0.25, -0.2) is 0 Å². The molecule has 130 valence electrons. The van der Waals surface area contributed by atoms with Crippen molar-refractivity contribution in [3.8, 4) is 0 Å². The average molecular weight is 351 g/mol. The molecule has 0 aromatic heterocycles. The van der Waals surface area contributed by atoms with Crippen molar-refractivity contribution in [3.05, 3.63) is 35.9 Å². The summed E-state index contributed by atoms with van der Waals surface area (Å²) in [7, 11) is -2.53. The zero-order chi connectivity index (χ0) is 17.7. The van der Waals surface area contributed by atoms with Gasteiger partial charge in [-0.15, -0.1) is 0 Å². The fraction of sp³-hybridized carbons (Fsp3) is 0.538. The molecule has 2 rings (SSSR count). The van der Waals surface area contributed by atoms with Crippen LogP contribution in [0.15, 0.2) is 30.3 Å². The number of hydrogen-bond donors (Lipinski definition) is 8. The molecular formula is C13H20O9P+. The van der Waals surface area contributed by atoms with Gasteiger partial charge in [-0.3, -0.25) is 0 Å². The number of aliphatic hydroxyl groups is 7. The molecule has 2 atom stereocenters. The van der Waals surface area contributed by atoms with Crippen molar-refractivity contribution in [2.45, 2.75) is 42.5 Å². The van der Waals surface area contributed by atoms with E-state index in [2.05, 4.69) is 0 Å². The standard InChI is InChI=1S/C7H7O3P.C6H12O6/c8-7(11(9)10)6-4-2-1-3-5-6;7-1-2(8)4(10)6(12)5(11)3(1)9/h1-5,7-8H;1-12H/p+1. The molecule has 23 heavy (non-hydrogen) atoms. The second-order valence-electron chi connectivity index (χ2n) is 5.03. The lowest BCUT2D eigenvalue weighted by Crippen LogP contribution is -2.63. The van der Waals surface area contributed by atoms with Crippen molar-refractivity contribution in [2.75, 3.05) is 0 Å². The second kappa shape index (κ2) is 8.74. The first-order chi connectivity index (χ1) is 10.7. The predicted molar refractivity (Wildman–Crippen MR) is 77.3 cm³/mol. The SMILES string of the molecule is O=[P+](O)C(O)c1ccccc1.OC1C(O)C(O)C(O)C(O)C1O. The molecule has 1 fully saturated rings. The highest BCUT2D eigenvalue weighted by atomic mass is 31.1. The van der Waals surface area contributed by atoms with Gasteiger partial charge in [0.1, 0.15) is 36.6 Å². The summed E-state index contributed by atoms with van der Waals surface area (Å²) in [6.45, 7) is 0. The summed E-state index contributed by atoms with van der Waals surface area (Å²) in [5.41, 5.74) is 0.469.